The van der Waals surface area contributed by atoms with Crippen LogP contribution in [0.1, 0.15) is 11.7 Å². The van der Waals surface area contributed by atoms with Crippen molar-refractivity contribution in [2.24, 2.45) is 0 Å². The third-order valence-electron chi connectivity index (χ3n) is 2.81. The van der Waals surface area contributed by atoms with E-state index < -0.39 is 10.0 Å². The molecule has 0 bridgehead atoms. The van der Waals surface area contributed by atoms with Crippen LogP contribution in [-0.4, -0.2) is 38.7 Å². The van der Waals surface area contributed by atoms with E-state index in [1.54, 1.807) is 12.1 Å². The second kappa shape index (κ2) is 5.24. The molecular weight excluding hydrogens is 325 g/mol. The Labute approximate surface area is 114 Å². The summed E-state index contributed by atoms with van der Waals surface area (Å²) in [5.41, 5.74) is 0.761. The summed E-state index contributed by atoms with van der Waals surface area (Å²) in [6.45, 7) is 0.960. The lowest BCUT2D eigenvalue weighted by molar-refractivity contribution is -0.00241. The Balaban J connectivity index is 2.21. The maximum Gasteiger partial charge on any atom is 0.211 e. The van der Waals surface area contributed by atoms with Crippen LogP contribution in [0.4, 0.5) is 4.39 Å². The highest BCUT2D eigenvalue weighted by Crippen LogP contribution is 2.27. The molecule has 0 amide bonds. The van der Waals surface area contributed by atoms with Crippen LogP contribution in [0.15, 0.2) is 22.7 Å². The topological polar surface area (TPSA) is 46.6 Å². The van der Waals surface area contributed by atoms with Gasteiger partial charge in [-0.15, -0.1) is 0 Å². The zero-order chi connectivity index (χ0) is 13.3. The molecule has 0 N–H and O–H groups in total. The minimum atomic E-state index is -3.22. The molecule has 1 aliphatic heterocycles. The highest BCUT2D eigenvalue weighted by atomic mass is 79.9. The van der Waals surface area contributed by atoms with Crippen molar-refractivity contribution in [1.29, 1.82) is 0 Å². The van der Waals surface area contributed by atoms with Gasteiger partial charge < -0.3 is 4.74 Å². The molecule has 1 atom stereocenters. The molecule has 1 aromatic rings. The summed E-state index contributed by atoms with van der Waals surface area (Å²) in [6, 6.07) is 4.56. The van der Waals surface area contributed by atoms with E-state index in [1.807, 2.05) is 0 Å². The smallest absolute Gasteiger partial charge is 0.211 e. The van der Waals surface area contributed by atoms with Crippen LogP contribution >= 0.6 is 15.9 Å². The number of ether oxygens (including phenoxy) is 1. The zero-order valence-corrected chi connectivity index (χ0v) is 12.2. The summed E-state index contributed by atoms with van der Waals surface area (Å²) in [5, 5.41) is 0. The number of hydrogen-bond acceptors (Lipinski definition) is 3. The fourth-order valence-electron chi connectivity index (χ4n) is 1.84. The van der Waals surface area contributed by atoms with Crippen LogP contribution in [0.5, 0.6) is 0 Å². The fourth-order valence-corrected chi connectivity index (χ4v) is 3.05. The number of nitrogens with zero attached hydrogens (tertiary/aromatic N) is 1. The van der Waals surface area contributed by atoms with E-state index in [4.69, 9.17) is 4.74 Å². The van der Waals surface area contributed by atoms with E-state index >= 15 is 0 Å². The van der Waals surface area contributed by atoms with Gasteiger partial charge >= 0.3 is 0 Å². The van der Waals surface area contributed by atoms with Crippen LogP contribution in [0, 0.1) is 5.82 Å². The largest absolute Gasteiger partial charge is 0.371 e. The Morgan fingerprint density at radius 3 is 2.83 bits per heavy atom. The first-order valence-electron chi connectivity index (χ1n) is 5.39. The Bertz CT molecular complexity index is 549. The second-order valence-corrected chi connectivity index (χ2v) is 6.99. The summed E-state index contributed by atoms with van der Waals surface area (Å²) >= 11 is 3.10. The summed E-state index contributed by atoms with van der Waals surface area (Å²) in [7, 11) is -3.22. The predicted octanol–water partition coefficient (Wildman–Crippen LogP) is 1.92. The zero-order valence-electron chi connectivity index (χ0n) is 9.77. The quantitative estimate of drug-likeness (QED) is 0.828. The van der Waals surface area contributed by atoms with Gasteiger partial charge in [0.05, 0.1) is 23.4 Å². The number of sulfonamides is 1. The lowest BCUT2D eigenvalue weighted by Crippen LogP contribution is -2.41. The molecular formula is C11H13BrFNO3S. The van der Waals surface area contributed by atoms with Crippen molar-refractivity contribution in [2.45, 2.75) is 6.10 Å². The van der Waals surface area contributed by atoms with E-state index in [0.717, 1.165) is 5.56 Å². The van der Waals surface area contributed by atoms with Gasteiger partial charge in [-0.2, -0.15) is 4.31 Å². The standard InChI is InChI=1S/C11H13BrFNO3S/c1-18(15,16)14-4-5-17-11(7-14)8-2-3-10(13)9(12)6-8/h2-3,6,11H,4-5,7H2,1H3. The minimum Gasteiger partial charge on any atom is -0.371 e. The highest BCUT2D eigenvalue weighted by Gasteiger charge is 2.27. The molecule has 18 heavy (non-hydrogen) atoms. The van der Waals surface area contributed by atoms with Gasteiger partial charge in [0.25, 0.3) is 0 Å². The Hall–Kier alpha value is -0.500. The molecule has 2 rings (SSSR count). The van der Waals surface area contributed by atoms with Crippen LogP contribution in [0.3, 0.4) is 0 Å². The second-order valence-electron chi connectivity index (χ2n) is 4.15. The minimum absolute atomic E-state index is 0.261. The van der Waals surface area contributed by atoms with E-state index in [0.29, 0.717) is 17.6 Å². The molecule has 0 spiro atoms. The van der Waals surface area contributed by atoms with Crippen LogP contribution in [-0.2, 0) is 14.8 Å². The maximum atomic E-state index is 13.1. The average Bonchev–Trinajstić information content (AvgIpc) is 2.32. The Kier molecular flexibility index (Phi) is 4.05. The summed E-state index contributed by atoms with van der Waals surface area (Å²) in [5.74, 6) is -0.352. The van der Waals surface area contributed by atoms with Gasteiger partial charge in [0.1, 0.15) is 5.82 Å². The monoisotopic (exact) mass is 337 g/mol. The molecule has 0 aromatic heterocycles. The van der Waals surface area contributed by atoms with Gasteiger partial charge in [-0.05, 0) is 33.6 Å². The number of morpholine rings is 1. The highest BCUT2D eigenvalue weighted by molar-refractivity contribution is 9.10. The molecule has 1 saturated heterocycles. The third kappa shape index (κ3) is 3.09. The molecule has 1 aromatic carbocycles. The lowest BCUT2D eigenvalue weighted by Gasteiger charge is -2.31. The van der Waals surface area contributed by atoms with Crippen molar-refractivity contribution in [3.8, 4) is 0 Å². The fraction of sp³-hybridized carbons (Fsp3) is 0.455. The average molecular weight is 338 g/mol. The normalized spacial score (nSPS) is 22.1. The number of rotatable bonds is 2. The summed E-state index contributed by atoms with van der Waals surface area (Å²) in [4.78, 5) is 0. The lowest BCUT2D eigenvalue weighted by atomic mass is 10.1. The first-order chi connectivity index (χ1) is 8.38. The number of halogens is 2. The molecule has 0 saturated carbocycles. The number of hydrogen-bond donors (Lipinski definition) is 0. The van der Waals surface area contributed by atoms with Gasteiger partial charge in [-0.1, -0.05) is 6.07 Å². The molecule has 4 nitrogen and oxygen atoms in total. The van der Waals surface area contributed by atoms with E-state index in [-0.39, 0.29) is 18.5 Å². The summed E-state index contributed by atoms with van der Waals surface area (Å²) < 4.78 is 43.4. The van der Waals surface area contributed by atoms with Crippen molar-refractivity contribution >= 4 is 26.0 Å². The van der Waals surface area contributed by atoms with Crippen LogP contribution in [0.25, 0.3) is 0 Å². The Morgan fingerprint density at radius 2 is 2.22 bits per heavy atom. The van der Waals surface area contributed by atoms with E-state index in [2.05, 4.69) is 15.9 Å². The van der Waals surface area contributed by atoms with E-state index in [1.165, 1.54) is 16.6 Å². The molecule has 7 heteroatoms. The van der Waals surface area contributed by atoms with Crippen LogP contribution in [0.2, 0.25) is 0 Å². The molecule has 1 unspecified atom stereocenters. The molecule has 1 fully saturated rings. The third-order valence-corrected chi connectivity index (χ3v) is 4.69. The van der Waals surface area contributed by atoms with Gasteiger partial charge in [-0.25, -0.2) is 12.8 Å². The van der Waals surface area contributed by atoms with Crippen molar-refractivity contribution in [3.63, 3.8) is 0 Å². The van der Waals surface area contributed by atoms with Crippen molar-refractivity contribution in [3.05, 3.63) is 34.1 Å². The Morgan fingerprint density at radius 1 is 1.50 bits per heavy atom. The molecule has 0 aliphatic carbocycles. The van der Waals surface area contributed by atoms with Crippen molar-refractivity contribution in [1.82, 2.24) is 4.31 Å². The first kappa shape index (κ1) is 13.9. The molecule has 0 radical (unpaired) electrons. The van der Waals surface area contributed by atoms with E-state index in [9.17, 15) is 12.8 Å². The number of benzene rings is 1. The SMILES string of the molecule is CS(=O)(=O)N1CCOC(c2ccc(F)c(Br)c2)C1. The molecule has 1 aliphatic rings. The van der Waals surface area contributed by atoms with Crippen molar-refractivity contribution < 1.29 is 17.5 Å². The predicted molar refractivity (Wildman–Crippen MR) is 69.2 cm³/mol. The maximum absolute atomic E-state index is 13.1. The van der Waals surface area contributed by atoms with Gasteiger partial charge in [0, 0.05) is 13.1 Å². The van der Waals surface area contributed by atoms with Gasteiger partial charge in [0.2, 0.25) is 10.0 Å². The molecule has 1 heterocycles. The molecule has 100 valence electrons. The van der Waals surface area contributed by atoms with Crippen molar-refractivity contribution in [2.75, 3.05) is 26.0 Å². The van der Waals surface area contributed by atoms with Gasteiger partial charge in [-0.3, -0.25) is 0 Å². The summed E-state index contributed by atoms with van der Waals surface area (Å²) in [6.07, 6.45) is 0.820. The first-order valence-corrected chi connectivity index (χ1v) is 8.04. The van der Waals surface area contributed by atoms with Gasteiger partial charge in [0.15, 0.2) is 0 Å². The van der Waals surface area contributed by atoms with Crippen LogP contribution < -0.4 is 0 Å².